The van der Waals surface area contributed by atoms with Gasteiger partial charge in [-0.15, -0.1) is 0 Å². The predicted molar refractivity (Wildman–Crippen MR) is 62.9 cm³/mol. The molecular formula is C11H14BrNO2. The van der Waals surface area contributed by atoms with Crippen molar-refractivity contribution in [1.82, 2.24) is 5.32 Å². The Kier molecular flexibility index (Phi) is 4.78. The van der Waals surface area contributed by atoms with Gasteiger partial charge in [0, 0.05) is 10.5 Å². The molecule has 3 nitrogen and oxygen atoms in total. The van der Waals surface area contributed by atoms with Gasteiger partial charge in [0.25, 0.3) is 0 Å². The van der Waals surface area contributed by atoms with Gasteiger partial charge < -0.3 is 10.4 Å². The number of aliphatic carboxylic acids is 1. The summed E-state index contributed by atoms with van der Waals surface area (Å²) in [5.41, 5.74) is 1.14. The van der Waals surface area contributed by atoms with Crippen molar-refractivity contribution in [1.29, 1.82) is 0 Å². The van der Waals surface area contributed by atoms with E-state index < -0.39 is 5.97 Å². The van der Waals surface area contributed by atoms with Crippen molar-refractivity contribution in [3.8, 4) is 0 Å². The van der Waals surface area contributed by atoms with Crippen LogP contribution in [0.1, 0.15) is 12.0 Å². The highest BCUT2D eigenvalue weighted by atomic mass is 79.9. The van der Waals surface area contributed by atoms with Gasteiger partial charge >= 0.3 is 5.97 Å². The van der Waals surface area contributed by atoms with Crippen LogP contribution >= 0.6 is 15.9 Å². The van der Waals surface area contributed by atoms with E-state index in [2.05, 4.69) is 21.2 Å². The van der Waals surface area contributed by atoms with Crippen molar-refractivity contribution in [2.45, 2.75) is 18.9 Å². The Morgan fingerprint density at radius 2 is 2.07 bits per heavy atom. The average molecular weight is 272 g/mol. The molecular weight excluding hydrogens is 258 g/mol. The molecule has 0 aromatic heterocycles. The van der Waals surface area contributed by atoms with E-state index in [1.165, 1.54) is 0 Å². The van der Waals surface area contributed by atoms with E-state index in [1.807, 2.05) is 24.3 Å². The molecule has 0 aliphatic carbocycles. The molecule has 0 aliphatic rings. The summed E-state index contributed by atoms with van der Waals surface area (Å²) in [5, 5.41) is 11.7. The maximum Gasteiger partial charge on any atom is 0.304 e. The van der Waals surface area contributed by atoms with Crippen LogP contribution in [-0.2, 0) is 11.2 Å². The second-order valence-corrected chi connectivity index (χ2v) is 4.33. The van der Waals surface area contributed by atoms with Crippen LogP contribution in [0.3, 0.4) is 0 Å². The summed E-state index contributed by atoms with van der Waals surface area (Å²) in [5.74, 6) is -0.772. The number of hydrogen-bond donors (Lipinski definition) is 2. The first kappa shape index (κ1) is 12.2. The number of carbonyl (C=O) groups is 1. The first-order valence-corrected chi connectivity index (χ1v) is 5.54. The largest absolute Gasteiger partial charge is 0.481 e. The van der Waals surface area contributed by atoms with Crippen molar-refractivity contribution in [3.05, 3.63) is 34.3 Å². The Morgan fingerprint density at radius 3 is 2.53 bits per heavy atom. The molecule has 4 heteroatoms. The van der Waals surface area contributed by atoms with E-state index >= 15 is 0 Å². The van der Waals surface area contributed by atoms with E-state index in [0.717, 1.165) is 16.5 Å². The molecule has 1 rings (SSSR count). The van der Waals surface area contributed by atoms with Gasteiger partial charge in [-0.2, -0.15) is 0 Å². The Labute approximate surface area is 97.6 Å². The molecule has 0 bridgehead atoms. The molecule has 1 unspecified atom stereocenters. The number of carboxylic acids is 1. The van der Waals surface area contributed by atoms with Gasteiger partial charge in [-0.25, -0.2) is 0 Å². The Morgan fingerprint density at radius 1 is 1.47 bits per heavy atom. The number of hydrogen-bond acceptors (Lipinski definition) is 2. The zero-order chi connectivity index (χ0) is 11.3. The van der Waals surface area contributed by atoms with Crippen molar-refractivity contribution < 1.29 is 9.90 Å². The molecule has 0 amide bonds. The van der Waals surface area contributed by atoms with Crippen LogP contribution in [0.2, 0.25) is 0 Å². The highest BCUT2D eigenvalue weighted by Gasteiger charge is 2.11. The first-order chi connectivity index (χ1) is 7.11. The van der Waals surface area contributed by atoms with Crippen LogP contribution < -0.4 is 5.32 Å². The van der Waals surface area contributed by atoms with E-state index in [0.29, 0.717) is 0 Å². The Bertz CT molecular complexity index is 324. The van der Waals surface area contributed by atoms with Gasteiger partial charge in [0.1, 0.15) is 0 Å². The van der Waals surface area contributed by atoms with Gasteiger partial charge in [0.05, 0.1) is 6.42 Å². The number of carboxylic acid groups (broad SMARTS) is 1. The molecule has 0 saturated heterocycles. The van der Waals surface area contributed by atoms with E-state index in [1.54, 1.807) is 7.05 Å². The van der Waals surface area contributed by atoms with Crippen molar-refractivity contribution in [2.24, 2.45) is 0 Å². The zero-order valence-electron chi connectivity index (χ0n) is 8.53. The molecule has 1 atom stereocenters. The van der Waals surface area contributed by atoms with Gasteiger partial charge in [0.15, 0.2) is 0 Å². The quantitative estimate of drug-likeness (QED) is 0.862. The lowest BCUT2D eigenvalue weighted by Gasteiger charge is -2.13. The average Bonchev–Trinajstić information content (AvgIpc) is 2.19. The smallest absolute Gasteiger partial charge is 0.304 e. The van der Waals surface area contributed by atoms with Crippen LogP contribution in [0.4, 0.5) is 0 Å². The van der Waals surface area contributed by atoms with Crippen LogP contribution in [0.25, 0.3) is 0 Å². The summed E-state index contributed by atoms with van der Waals surface area (Å²) in [4.78, 5) is 10.6. The standard InChI is InChI=1S/C11H14BrNO2/c1-13-10(7-11(14)15)6-8-2-4-9(12)5-3-8/h2-5,10,13H,6-7H2,1H3,(H,14,15). The van der Waals surface area contributed by atoms with Crippen molar-refractivity contribution in [2.75, 3.05) is 7.05 Å². The first-order valence-electron chi connectivity index (χ1n) is 4.75. The third-order valence-corrected chi connectivity index (χ3v) is 2.75. The lowest BCUT2D eigenvalue weighted by molar-refractivity contribution is -0.137. The third-order valence-electron chi connectivity index (χ3n) is 2.22. The normalized spacial score (nSPS) is 12.4. The van der Waals surface area contributed by atoms with Gasteiger partial charge in [-0.3, -0.25) is 4.79 Å². The minimum Gasteiger partial charge on any atom is -0.481 e. The highest BCUT2D eigenvalue weighted by molar-refractivity contribution is 9.10. The van der Waals surface area contributed by atoms with Crippen LogP contribution in [0, 0.1) is 0 Å². The second kappa shape index (κ2) is 5.88. The lowest BCUT2D eigenvalue weighted by atomic mass is 10.0. The molecule has 2 N–H and O–H groups in total. The monoisotopic (exact) mass is 271 g/mol. The molecule has 15 heavy (non-hydrogen) atoms. The van der Waals surface area contributed by atoms with E-state index in [9.17, 15) is 4.79 Å². The van der Waals surface area contributed by atoms with Crippen molar-refractivity contribution >= 4 is 21.9 Å². The zero-order valence-corrected chi connectivity index (χ0v) is 10.1. The molecule has 0 fully saturated rings. The lowest BCUT2D eigenvalue weighted by Crippen LogP contribution is -2.30. The Balaban J connectivity index is 2.58. The summed E-state index contributed by atoms with van der Waals surface area (Å²) < 4.78 is 1.03. The fourth-order valence-corrected chi connectivity index (χ4v) is 1.66. The fraction of sp³-hybridized carbons (Fsp3) is 0.364. The van der Waals surface area contributed by atoms with Crippen LogP contribution in [0.5, 0.6) is 0 Å². The molecule has 1 aromatic carbocycles. The van der Waals surface area contributed by atoms with E-state index in [4.69, 9.17) is 5.11 Å². The molecule has 1 aromatic rings. The summed E-state index contributed by atoms with van der Waals surface area (Å²) in [6.07, 6.45) is 0.878. The number of rotatable bonds is 5. The van der Waals surface area contributed by atoms with Gasteiger partial charge in [-0.1, -0.05) is 28.1 Å². The number of nitrogens with one attached hydrogen (secondary N) is 1. The minimum absolute atomic E-state index is 0.0105. The predicted octanol–water partition coefficient (Wildman–Crippen LogP) is 2.05. The third kappa shape index (κ3) is 4.44. The maximum absolute atomic E-state index is 10.6. The number of likely N-dealkylation sites (N-methyl/N-ethyl adjacent to an activating group) is 1. The summed E-state index contributed by atoms with van der Waals surface area (Å²) in [6.45, 7) is 0. The van der Waals surface area contributed by atoms with Crippen LogP contribution in [0.15, 0.2) is 28.7 Å². The maximum atomic E-state index is 10.6. The molecule has 0 aliphatic heterocycles. The summed E-state index contributed by atoms with van der Waals surface area (Å²) in [6, 6.07) is 7.90. The molecule has 0 saturated carbocycles. The van der Waals surface area contributed by atoms with Crippen molar-refractivity contribution in [3.63, 3.8) is 0 Å². The number of halogens is 1. The molecule has 0 radical (unpaired) electrons. The number of benzene rings is 1. The van der Waals surface area contributed by atoms with Gasteiger partial charge in [0.2, 0.25) is 0 Å². The molecule has 0 spiro atoms. The summed E-state index contributed by atoms with van der Waals surface area (Å²) >= 11 is 3.36. The Hall–Kier alpha value is -0.870. The second-order valence-electron chi connectivity index (χ2n) is 3.41. The SMILES string of the molecule is CNC(CC(=O)O)Cc1ccc(Br)cc1. The fourth-order valence-electron chi connectivity index (χ4n) is 1.39. The minimum atomic E-state index is -0.772. The van der Waals surface area contributed by atoms with E-state index in [-0.39, 0.29) is 12.5 Å². The highest BCUT2D eigenvalue weighted by Crippen LogP contribution is 2.12. The van der Waals surface area contributed by atoms with Crippen LogP contribution in [-0.4, -0.2) is 24.2 Å². The van der Waals surface area contributed by atoms with Gasteiger partial charge in [-0.05, 0) is 31.2 Å². The molecule has 0 heterocycles. The topological polar surface area (TPSA) is 49.3 Å². The molecule has 82 valence electrons. The summed E-state index contributed by atoms with van der Waals surface area (Å²) in [7, 11) is 1.78.